The SMILES string of the molecule is Cc1ccc(C2CNc3cccc(Cl)c3O2)s1. The van der Waals surface area contributed by atoms with Crippen LogP contribution in [0.25, 0.3) is 0 Å². The van der Waals surface area contributed by atoms with Gasteiger partial charge in [0.25, 0.3) is 0 Å². The Morgan fingerprint density at radius 2 is 2.24 bits per heavy atom. The Bertz CT molecular complexity index is 552. The number of hydrogen-bond acceptors (Lipinski definition) is 3. The number of benzene rings is 1. The highest BCUT2D eigenvalue weighted by Crippen LogP contribution is 2.40. The fourth-order valence-electron chi connectivity index (χ4n) is 1.94. The predicted molar refractivity (Wildman–Crippen MR) is 72.4 cm³/mol. The van der Waals surface area contributed by atoms with Crippen molar-refractivity contribution in [3.05, 3.63) is 45.1 Å². The summed E-state index contributed by atoms with van der Waals surface area (Å²) in [7, 11) is 0. The standard InChI is InChI=1S/C13H12ClNOS/c1-8-5-6-12(17-8)11-7-15-10-4-2-3-9(14)13(10)16-11/h2-6,11,15H,7H2,1H3. The molecule has 4 heteroatoms. The number of thiophene rings is 1. The molecule has 17 heavy (non-hydrogen) atoms. The van der Waals surface area contributed by atoms with Gasteiger partial charge in [-0.15, -0.1) is 11.3 Å². The Balaban J connectivity index is 1.92. The molecule has 2 nitrogen and oxygen atoms in total. The Hall–Kier alpha value is -1.19. The van der Waals surface area contributed by atoms with Crippen LogP contribution < -0.4 is 10.1 Å². The Labute approximate surface area is 109 Å². The van der Waals surface area contributed by atoms with Gasteiger partial charge in [0.1, 0.15) is 0 Å². The fraction of sp³-hybridized carbons (Fsp3) is 0.231. The Morgan fingerprint density at radius 3 is 3.00 bits per heavy atom. The highest BCUT2D eigenvalue weighted by Gasteiger charge is 2.23. The Kier molecular flexibility index (Phi) is 2.73. The highest BCUT2D eigenvalue weighted by molar-refractivity contribution is 7.12. The molecule has 0 bridgehead atoms. The molecule has 1 N–H and O–H groups in total. The van der Waals surface area contributed by atoms with Crippen LogP contribution in [0.2, 0.25) is 5.02 Å². The largest absolute Gasteiger partial charge is 0.479 e. The molecule has 0 radical (unpaired) electrons. The maximum Gasteiger partial charge on any atom is 0.162 e. The first kappa shape index (κ1) is 10.9. The number of para-hydroxylation sites is 1. The molecule has 0 fully saturated rings. The van der Waals surface area contributed by atoms with E-state index in [1.807, 2.05) is 18.2 Å². The van der Waals surface area contributed by atoms with E-state index in [1.54, 1.807) is 11.3 Å². The van der Waals surface area contributed by atoms with Crippen LogP contribution in [0.4, 0.5) is 5.69 Å². The van der Waals surface area contributed by atoms with Crippen molar-refractivity contribution in [3.8, 4) is 5.75 Å². The number of nitrogens with one attached hydrogen (secondary N) is 1. The number of fused-ring (bicyclic) bond motifs is 1. The van der Waals surface area contributed by atoms with Crippen molar-refractivity contribution in [2.24, 2.45) is 0 Å². The van der Waals surface area contributed by atoms with Crippen molar-refractivity contribution in [2.45, 2.75) is 13.0 Å². The lowest BCUT2D eigenvalue weighted by atomic mass is 10.2. The van der Waals surface area contributed by atoms with Gasteiger partial charge < -0.3 is 10.1 Å². The highest BCUT2D eigenvalue weighted by atomic mass is 35.5. The van der Waals surface area contributed by atoms with E-state index in [4.69, 9.17) is 16.3 Å². The molecule has 0 amide bonds. The lowest BCUT2D eigenvalue weighted by molar-refractivity contribution is 0.214. The summed E-state index contributed by atoms with van der Waals surface area (Å²) in [5.41, 5.74) is 0.974. The third-order valence-corrected chi connectivity index (χ3v) is 4.17. The maximum atomic E-state index is 6.14. The first-order valence-corrected chi connectivity index (χ1v) is 6.69. The van der Waals surface area contributed by atoms with Gasteiger partial charge in [-0.25, -0.2) is 0 Å². The molecule has 2 aromatic rings. The van der Waals surface area contributed by atoms with Crippen molar-refractivity contribution in [1.82, 2.24) is 0 Å². The molecule has 0 aliphatic carbocycles. The summed E-state index contributed by atoms with van der Waals surface area (Å²) < 4.78 is 5.98. The van der Waals surface area contributed by atoms with Crippen molar-refractivity contribution >= 4 is 28.6 Å². The van der Waals surface area contributed by atoms with Crippen LogP contribution in [0, 0.1) is 6.92 Å². The van der Waals surface area contributed by atoms with E-state index in [0.29, 0.717) is 5.02 Å². The molecule has 0 spiro atoms. The monoisotopic (exact) mass is 265 g/mol. The second-order valence-corrected chi connectivity index (χ2v) is 5.78. The van der Waals surface area contributed by atoms with Crippen LogP contribution in [0.15, 0.2) is 30.3 Å². The Morgan fingerprint density at radius 1 is 1.35 bits per heavy atom. The summed E-state index contributed by atoms with van der Waals surface area (Å²) in [6.07, 6.45) is 0.0566. The lowest BCUT2D eigenvalue weighted by Crippen LogP contribution is -2.22. The molecular weight excluding hydrogens is 254 g/mol. The van der Waals surface area contributed by atoms with E-state index in [2.05, 4.69) is 24.4 Å². The zero-order valence-corrected chi connectivity index (χ0v) is 10.9. The van der Waals surface area contributed by atoms with Gasteiger partial charge >= 0.3 is 0 Å². The summed E-state index contributed by atoms with van der Waals surface area (Å²) in [4.78, 5) is 2.54. The second-order valence-electron chi connectivity index (χ2n) is 4.05. The summed E-state index contributed by atoms with van der Waals surface area (Å²) in [5.74, 6) is 0.761. The predicted octanol–water partition coefficient (Wildman–Crippen LogP) is 4.26. The molecule has 2 heterocycles. The molecule has 0 saturated carbocycles. The average molecular weight is 266 g/mol. The van der Waals surface area contributed by atoms with Crippen molar-refractivity contribution in [3.63, 3.8) is 0 Å². The number of hydrogen-bond donors (Lipinski definition) is 1. The van der Waals surface area contributed by atoms with Crippen LogP contribution in [-0.4, -0.2) is 6.54 Å². The zero-order chi connectivity index (χ0) is 11.8. The van der Waals surface area contributed by atoms with Crippen molar-refractivity contribution in [2.75, 3.05) is 11.9 Å². The van der Waals surface area contributed by atoms with Crippen LogP contribution in [-0.2, 0) is 0 Å². The summed E-state index contributed by atoms with van der Waals surface area (Å²) in [6, 6.07) is 9.99. The lowest BCUT2D eigenvalue weighted by Gasteiger charge is -2.27. The molecule has 1 aromatic heterocycles. The molecule has 1 atom stereocenters. The minimum atomic E-state index is 0.0566. The average Bonchev–Trinajstić information content (AvgIpc) is 2.76. The molecule has 1 aromatic carbocycles. The molecule has 1 aliphatic rings. The first-order valence-electron chi connectivity index (χ1n) is 5.49. The zero-order valence-electron chi connectivity index (χ0n) is 9.37. The number of rotatable bonds is 1. The van der Waals surface area contributed by atoms with E-state index < -0.39 is 0 Å². The van der Waals surface area contributed by atoms with Crippen LogP contribution in [0.5, 0.6) is 5.75 Å². The van der Waals surface area contributed by atoms with Crippen LogP contribution in [0.1, 0.15) is 15.9 Å². The van der Waals surface area contributed by atoms with Gasteiger partial charge in [-0.1, -0.05) is 17.7 Å². The van der Waals surface area contributed by atoms with Crippen molar-refractivity contribution < 1.29 is 4.74 Å². The van der Waals surface area contributed by atoms with Gasteiger partial charge in [-0.05, 0) is 31.2 Å². The van der Waals surface area contributed by atoms with Crippen molar-refractivity contribution in [1.29, 1.82) is 0 Å². The number of halogens is 1. The minimum Gasteiger partial charge on any atom is -0.479 e. The number of ether oxygens (including phenoxy) is 1. The van der Waals surface area contributed by atoms with Gasteiger partial charge in [-0.2, -0.15) is 0 Å². The third-order valence-electron chi connectivity index (χ3n) is 2.78. The van der Waals surface area contributed by atoms with Gasteiger partial charge in [0.05, 0.1) is 17.3 Å². The molecular formula is C13H12ClNOS. The molecule has 88 valence electrons. The second kappa shape index (κ2) is 4.24. The van der Waals surface area contributed by atoms with Gasteiger partial charge in [0.15, 0.2) is 11.9 Å². The van der Waals surface area contributed by atoms with E-state index in [9.17, 15) is 0 Å². The van der Waals surface area contributed by atoms with E-state index in [1.165, 1.54) is 9.75 Å². The van der Waals surface area contributed by atoms with Gasteiger partial charge in [0, 0.05) is 9.75 Å². The summed E-state index contributed by atoms with van der Waals surface area (Å²) in [5, 5.41) is 4.02. The quantitative estimate of drug-likeness (QED) is 0.832. The van der Waals surface area contributed by atoms with Crippen LogP contribution >= 0.6 is 22.9 Å². The molecule has 1 aliphatic heterocycles. The maximum absolute atomic E-state index is 6.14. The third kappa shape index (κ3) is 2.01. The fourth-order valence-corrected chi connectivity index (χ4v) is 3.07. The normalized spacial score (nSPS) is 18.1. The number of anilines is 1. The molecule has 1 unspecified atom stereocenters. The topological polar surface area (TPSA) is 21.3 Å². The summed E-state index contributed by atoms with van der Waals surface area (Å²) >= 11 is 7.91. The van der Waals surface area contributed by atoms with E-state index in [0.717, 1.165) is 18.0 Å². The number of aryl methyl sites for hydroxylation is 1. The van der Waals surface area contributed by atoms with Gasteiger partial charge in [-0.3, -0.25) is 0 Å². The molecule has 0 saturated heterocycles. The van der Waals surface area contributed by atoms with Crippen LogP contribution in [0.3, 0.4) is 0 Å². The first-order chi connectivity index (χ1) is 8.24. The smallest absolute Gasteiger partial charge is 0.162 e. The van der Waals surface area contributed by atoms with Gasteiger partial charge in [0.2, 0.25) is 0 Å². The molecule has 3 rings (SSSR count). The summed E-state index contributed by atoms with van der Waals surface area (Å²) in [6.45, 7) is 2.89. The van der Waals surface area contributed by atoms with E-state index >= 15 is 0 Å². The van der Waals surface area contributed by atoms with E-state index in [-0.39, 0.29) is 6.10 Å². The minimum absolute atomic E-state index is 0.0566.